The maximum atomic E-state index is 12.9. The lowest BCUT2D eigenvalue weighted by atomic mass is 10.1. The van der Waals surface area contributed by atoms with Gasteiger partial charge in [-0.15, -0.1) is 0 Å². The zero-order valence-electron chi connectivity index (χ0n) is 15.4. The van der Waals surface area contributed by atoms with Crippen molar-refractivity contribution in [3.05, 3.63) is 65.5 Å². The molecular formula is C22H27FN2O. The molecule has 26 heavy (non-hydrogen) atoms. The molecule has 1 aliphatic heterocycles. The Bertz CT molecular complexity index is 706. The van der Waals surface area contributed by atoms with Gasteiger partial charge in [0.05, 0.1) is 6.04 Å². The van der Waals surface area contributed by atoms with E-state index in [-0.39, 0.29) is 17.8 Å². The van der Waals surface area contributed by atoms with E-state index in [1.807, 2.05) is 6.92 Å². The summed E-state index contributed by atoms with van der Waals surface area (Å²) in [6.07, 6.45) is 4.88. The molecular weight excluding hydrogens is 327 g/mol. The van der Waals surface area contributed by atoms with Crippen LogP contribution in [0, 0.1) is 5.82 Å². The topological polar surface area (TPSA) is 32.3 Å². The summed E-state index contributed by atoms with van der Waals surface area (Å²) in [5.74, 6) is -0.234. The summed E-state index contributed by atoms with van der Waals surface area (Å²) in [5, 5.41) is 3.05. The van der Waals surface area contributed by atoms with Gasteiger partial charge in [-0.25, -0.2) is 4.39 Å². The van der Waals surface area contributed by atoms with Gasteiger partial charge >= 0.3 is 0 Å². The Kier molecular flexibility index (Phi) is 6.26. The van der Waals surface area contributed by atoms with Gasteiger partial charge in [-0.1, -0.05) is 24.3 Å². The van der Waals surface area contributed by atoms with Crippen molar-refractivity contribution in [3.8, 4) is 0 Å². The molecule has 1 atom stereocenters. The highest BCUT2D eigenvalue weighted by atomic mass is 19.1. The molecule has 1 saturated heterocycles. The highest BCUT2D eigenvalue weighted by molar-refractivity contribution is 5.76. The van der Waals surface area contributed by atoms with E-state index in [2.05, 4.69) is 34.5 Å². The van der Waals surface area contributed by atoms with Crippen LogP contribution in [0.2, 0.25) is 0 Å². The molecule has 0 aromatic heterocycles. The standard InChI is InChI=1S/C22H27FN2O/c1-17(24-22(26)14-7-18-5-10-20(23)11-6-18)19-8-12-21(13-9-19)25-15-3-2-4-16-25/h5-6,8-13,17H,2-4,7,14-16H2,1H3,(H,24,26)/t17-/m0/s1. The maximum absolute atomic E-state index is 12.9. The fraction of sp³-hybridized carbons (Fsp3) is 0.409. The summed E-state index contributed by atoms with van der Waals surface area (Å²) < 4.78 is 12.9. The first kappa shape index (κ1) is 18.4. The Balaban J connectivity index is 1.49. The lowest BCUT2D eigenvalue weighted by Crippen LogP contribution is -2.29. The number of nitrogens with one attached hydrogen (secondary N) is 1. The van der Waals surface area contributed by atoms with E-state index in [4.69, 9.17) is 0 Å². The van der Waals surface area contributed by atoms with E-state index in [0.717, 1.165) is 24.2 Å². The predicted molar refractivity (Wildman–Crippen MR) is 104 cm³/mol. The molecule has 0 spiro atoms. The second kappa shape index (κ2) is 8.84. The normalized spacial score (nSPS) is 15.5. The van der Waals surface area contributed by atoms with Crippen LogP contribution in [-0.2, 0) is 11.2 Å². The van der Waals surface area contributed by atoms with Gasteiger partial charge in [0.15, 0.2) is 0 Å². The molecule has 0 radical (unpaired) electrons. The minimum atomic E-state index is -0.250. The number of hydrogen-bond acceptors (Lipinski definition) is 2. The van der Waals surface area contributed by atoms with Crippen LogP contribution >= 0.6 is 0 Å². The number of hydrogen-bond donors (Lipinski definition) is 1. The van der Waals surface area contributed by atoms with Gasteiger partial charge < -0.3 is 10.2 Å². The van der Waals surface area contributed by atoms with Crippen molar-refractivity contribution in [3.63, 3.8) is 0 Å². The van der Waals surface area contributed by atoms with Crippen molar-refractivity contribution in [1.82, 2.24) is 5.32 Å². The highest BCUT2D eigenvalue weighted by Crippen LogP contribution is 2.22. The molecule has 1 amide bonds. The molecule has 1 aliphatic rings. The smallest absolute Gasteiger partial charge is 0.220 e. The Hall–Kier alpha value is -2.36. The summed E-state index contributed by atoms with van der Waals surface area (Å²) >= 11 is 0. The maximum Gasteiger partial charge on any atom is 0.220 e. The fourth-order valence-electron chi connectivity index (χ4n) is 3.43. The Morgan fingerprint density at radius 3 is 2.35 bits per heavy atom. The highest BCUT2D eigenvalue weighted by Gasteiger charge is 2.13. The molecule has 0 aliphatic carbocycles. The van der Waals surface area contributed by atoms with Crippen LogP contribution in [0.3, 0.4) is 0 Å². The zero-order valence-corrected chi connectivity index (χ0v) is 15.4. The minimum Gasteiger partial charge on any atom is -0.372 e. The van der Waals surface area contributed by atoms with Gasteiger partial charge in [0.2, 0.25) is 5.91 Å². The van der Waals surface area contributed by atoms with E-state index < -0.39 is 0 Å². The molecule has 2 aromatic carbocycles. The summed E-state index contributed by atoms with van der Waals surface area (Å²) in [6.45, 7) is 4.27. The lowest BCUT2D eigenvalue weighted by Gasteiger charge is -2.29. The summed E-state index contributed by atoms with van der Waals surface area (Å²) in [5.41, 5.74) is 3.35. The second-order valence-corrected chi connectivity index (χ2v) is 7.05. The van der Waals surface area contributed by atoms with Crippen molar-refractivity contribution in [1.29, 1.82) is 0 Å². The predicted octanol–water partition coefficient (Wildman–Crippen LogP) is 4.63. The number of piperidine rings is 1. The third kappa shape index (κ3) is 5.07. The Morgan fingerprint density at radius 1 is 1.04 bits per heavy atom. The first-order valence-electron chi connectivity index (χ1n) is 9.50. The number of carbonyl (C=O) groups excluding carboxylic acids is 1. The van der Waals surface area contributed by atoms with Crippen LogP contribution in [0.5, 0.6) is 0 Å². The van der Waals surface area contributed by atoms with Gasteiger partial charge in [-0.05, 0) is 68.0 Å². The molecule has 1 heterocycles. The fourth-order valence-corrected chi connectivity index (χ4v) is 3.43. The largest absolute Gasteiger partial charge is 0.372 e. The van der Waals surface area contributed by atoms with Gasteiger partial charge in [-0.2, -0.15) is 0 Å². The van der Waals surface area contributed by atoms with Crippen molar-refractivity contribution in [2.24, 2.45) is 0 Å². The molecule has 1 N–H and O–H groups in total. The van der Waals surface area contributed by atoms with Crippen molar-refractivity contribution >= 4 is 11.6 Å². The third-order valence-electron chi connectivity index (χ3n) is 5.05. The van der Waals surface area contributed by atoms with E-state index in [0.29, 0.717) is 12.8 Å². The minimum absolute atomic E-state index is 0.0157. The zero-order chi connectivity index (χ0) is 18.4. The molecule has 3 rings (SSSR count). The molecule has 4 heteroatoms. The van der Waals surface area contributed by atoms with Crippen molar-refractivity contribution in [2.45, 2.75) is 45.1 Å². The average molecular weight is 354 g/mol. The van der Waals surface area contributed by atoms with E-state index >= 15 is 0 Å². The number of carbonyl (C=O) groups is 1. The van der Waals surface area contributed by atoms with Crippen LogP contribution in [0.25, 0.3) is 0 Å². The average Bonchev–Trinajstić information content (AvgIpc) is 2.68. The number of halogens is 1. The quantitative estimate of drug-likeness (QED) is 0.820. The van der Waals surface area contributed by atoms with Crippen LogP contribution in [0.4, 0.5) is 10.1 Å². The molecule has 1 fully saturated rings. The third-order valence-corrected chi connectivity index (χ3v) is 5.05. The molecule has 2 aromatic rings. The summed E-state index contributed by atoms with van der Waals surface area (Å²) in [4.78, 5) is 14.6. The van der Waals surface area contributed by atoms with Crippen molar-refractivity contribution in [2.75, 3.05) is 18.0 Å². The Labute approximate surface area is 155 Å². The van der Waals surface area contributed by atoms with Crippen LogP contribution in [-0.4, -0.2) is 19.0 Å². The molecule has 138 valence electrons. The van der Waals surface area contributed by atoms with Gasteiger partial charge in [-0.3, -0.25) is 4.79 Å². The van der Waals surface area contributed by atoms with E-state index in [1.165, 1.54) is 37.1 Å². The number of rotatable bonds is 6. The van der Waals surface area contributed by atoms with Gasteiger partial charge in [0, 0.05) is 25.2 Å². The van der Waals surface area contributed by atoms with E-state index in [1.54, 1.807) is 12.1 Å². The summed E-state index contributed by atoms with van der Waals surface area (Å²) in [6, 6.07) is 14.8. The molecule has 0 saturated carbocycles. The van der Waals surface area contributed by atoms with Crippen molar-refractivity contribution < 1.29 is 9.18 Å². The van der Waals surface area contributed by atoms with Crippen LogP contribution in [0.15, 0.2) is 48.5 Å². The number of nitrogens with zero attached hydrogens (tertiary/aromatic N) is 1. The molecule has 3 nitrogen and oxygen atoms in total. The summed E-state index contributed by atoms with van der Waals surface area (Å²) in [7, 11) is 0. The Morgan fingerprint density at radius 2 is 1.69 bits per heavy atom. The number of amides is 1. The number of anilines is 1. The van der Waals surface area contributed by atoms with E-state index in [9.17, 15) is 9.18 Å². The first-order valence-corrected chi connectivity index (χ1v) is 9.50. The molecule has 0 unspecified atom stereocenters. The SMILES string of the molecule is C[C@H](NC(=O)CCc1ccc(F)cc1)c1ccc(N2CCCCC2)cc1. The second-order valence-electron chi connectivity index (χ2n) is 7.05. The number of benzene rings is 2. The first-order chi connectivity index (χ1) is 12.6. The van der Waals surface area contributed by atoms with Crippen LogP contribution in [0.1, 0.15) is 49.8 Å². The van der Waals surface area contributed by atoms with Gasteiger partial charge in [0.1, 0.15) is 5.82 Å². The molecule has 0 bridgehead atoms. The number of aryl methyl sites for hydroxylation is 1. The lowest BCUT2D eigenvalue weighted by molar-refractivity contribution is -0.121. The monoisotopic (exact) mass is 354 g/mol. The van der Waals surface area contributed by atoms with Gasteiger partial charge in [0.25, 0.3) is 0 Å². The van der Waals surface area contributed by atoms with Crippen LogP contribution < -0.4 is 10.2 Å².